The van der Waals surface area contributed by atoms with E-state index in [1.165, 1.54) is 0 Å². The van der Waals surface area contributed by atoms with Crippen molar-refractivity contribution >= 4 is 17.5 Å². The van der Waals surface area contributed by atoms with Crippen LogP contribution in [0.5, 0.6) is 11.5 Å². The number of amides is 2. The molecule has 0 spiro atoms. The fourth-order valence-corrected chi connectivity index (χ4v) is 3.37. The van der Waals surface area contributed by atoms with Crippen molar-refractivity contribution in [1.82, 2.24) is 4.90 Å². The molecule has 29 heavy (non-hydrogen) atoms. The van der Waals surface area contributed by atoms with E-state index >= 15 is 0 Å². The van der Waals surface area contributed by atoms with E-state index in [9.17, 15) is 9.59 Å². The van der Waals surface area contributed by atoms with Gasteiger partial charge in [0.05, 0.1) is 20.8 Å². The van der Waals surface area contributed by atoms with Crippen LogP contribution in [0, 0.1) is 13.8 Å². The van der Waals surface area contributed by atoms with Crippen LogP contribution >= 0.6 is 0 Å². The minimum Gasteiger partial charge on any atom is -0.493 e. The Morgan fingerprint density at radius 2 is 1.90 bits per heavy atom. The fraction of sp³-hybridized carbons (Fsp3) is 0.364. The van der Waals surface area contributed by atoms with Crippen LogP contribution in [0.2, 0.25) is 0 Å². The Hall–Kier alpha value is -3.06. The highest BCUT2D eigenvalue weighted by molar-refractivity contribution is 5.98. The monoisotopic (exact) mass is 398 g/mol. The normalized spacial score (nSPS) is 16.5. The predicted molar refractivity (Wildman–Crippen MR) is 109 cm³/mol. The second-order valence-corrected chi connectivity index (χ2v) is 7.05. The number of ether oxygens (including phenoxy) is 3. The molecule has 0 radical (unpaired) electrons. The number of rotatable bonds is 6. The summed E-state index contributed by atoms with van der Waals surface area (Å²) in [5, 5.41) is 2.93. The number of anilines is 1. The lowest BCUT2D eigenvalue weighted by molar-refractivity contribution is -0.154. The molecule has 0 saturated carbocycles. The third-order valence-corrected chi connectivity index (χ3v) is 4.94. The van der Waals surface area contributed by atoms with E-state index in [1.807, 2.05) is 38.1 Å². The molecule has 1 heterocycles. The zero-order valence-electron chi connectivity index (χ0n) is 17.2. The first-order chi connectivity index (χ1) is 13.9. The van der Waals surface area contributed by atoms with Gasteiger partial charge in [-0.1, -0.05) is 23.8 Å². The molecule has 1 N–H and O–H groups in total. The van der Waals surface area contributed by atoms with Crippen molar-refractivity contribution in [3.05, 3.63) is 53.1 Å². The number of carbonyl (C=O) groups is 2. The van der Waals surface area contributed by atoms with E-state index in [0.717, 1.165) is 22.4 Å². The molecular formula is C22H26N2O5. The molecule has 7 nitrogen and oxygen atoms in total. The quantitative estimate of drug-likeness (QED) is 0.810. The van der Waals surface area contributed by atoms with Crippen molar-refractivity contribution in [3.8, 4) is 11.5 Å². The summed E-state index contributed by atoms with van der Waals surface area (Å²) in [6, 6.07) is 10.5. The fourth-order valence-electron chi connectivity index (χ4n) is 3.37. The van der Waals surface area contributed by atoms with Gasteiger partial charge in [-0.3, -0.25) is 9.59 Å². The Balaban J connectivity index is 1.80. The first-order valence-corrected chi connectivity index (χ1v) is 9.39. The number of benzene rings is 2. The van der Waals surface area contributed by atoms with Crippen molar-refractivity contribution in [3.63, 3.8) is 0 Å². The number of aryl methyl sites for hydroxylation is 2. The van der Waals surface area contributed by atoms with E-state index in [1.54, 1.807) is 31.3 Å². The first-order valence-electron chi connectivity index (χ1n) is 9.39. The number of nitrogens with one attached hydrogen (secondary N) is 1. The lowest BCUT2D eigenvalue weighted by atomic mass is 10.1. The second kappa shape index (κ2) is 8.96. The van der Waals surface area contributed by atoms with E-state index in [0.29, 0.717) is 11.5 Å². The number of carbonyl (C=O) groups excluding carboxylic acids is 2. The Morgan fingerprint density at radius 1 is 1.14 bits per heavy atom. The molecule has 2 amide bonds. The summed E-state index contributed by atoms with van der Waals surface area (Å²) in [7, 11) is 3.12. The minimum atomic E-state index is -0.718. The van der Waals surface area contributed by atoms with Crippen molar-refractivity contribution in [2.24, 2.45) is 0 Å². The van der Waals surface area contributed by atoms with Gasteiger partial charge in [0.2, 0.25) is 11.8 Å². The highest BCUT2D eigenvalue weighted by Crippen LogP contribution is 2.29. The molecule has 154 valence electrons. The maximum atomic E-state index is 12.9. The van der Waals surface area contributed by atoms with Gasteiger partial charge in [0.1, 0.15) is 12.6 Å². The average molecular weight is 398 g/mol. The summed E-state index contributed by atoms with van der Waals surface area (Å²) < 4.78 is 15.9. The summed E-state index contributed by atoms with van der Waals surface area (Å²) in [5.74, 6) is 0.674. The molecule has 7 heteroatoms. The molecular weight excluding hydrogens is 372 g/mol. The SMILES string of the molecule is COc1ccc(CN2C(=O)COC[C@H]2C(=O)Nc2ccc(C)cc2C)cc1OC. The van der Waals surface area contributed by atoms with Crippen LogP contribution in [0.1, 0.15) is 16.7 Å². The third kappa shape index (κ3) is 4.68. The molecule has 1 fully saturated rings. The zero-order chi connectivity index (χ0) is 21.0. The van der Waals surface area contributed by atoms with E-state index in [-0.39, 0.29) is 31.6 Å². The molecule has 1 aliphatic rings. The highest BCUT2D eigenvalue weighted by atomic mass is 16.5. The van der Waals surface area contributed by atoms with Gasteiger partial charge in [-0.25, -0.2) is 0 Å². The van der Waals surface area contributed by atoms with Gasteiger partial charge in [0.25, 0.3) is 0 Å². The lowest BCUT2D eigenvalue weighted by Crippen LogP contribution is -2.54. The molecule has 2 aromatic carbocycles. The summed E-state index contributed by atoms with van der Waals surface area (Å²) in [6.07, 6.45) is 0. The lowest BCUT2D eigenvalue weighted by Gasteiger charge is -2.34. The van der Waals surface area contributed by atoms with Gasteiger partial charge in [-0.05, 0) is 43.2 Å². The van der Waals surface area contributed by atoms with Gasteiger partial charge in [-0.15, -0.1) is 0 Å². The first kappa shape index (κ1) is 20.7. The Labute approximate surface area is 170 Å². The zero-order valence-corrected chi connectivity index (χ0v) is 17.2. The minimum absolute atomic E-state index is 0.0410. The maximum absolute atomic E-state index is 12.9. The van der Waals surface area contributed by atoms with Gasteiger partial charge in [-0.2, -0.15) is 0 Å². The smallest absolute Gasteiger partial charge is 0.249 e. The number of hydrogen-bond acceptors (Lipinski definition) is 5. The van der Waals surface area contributed by atoms with Gasteiger partial charge >= 0.3 is 0 Å². The van der Waals surface area contributed by atoms with Crippen LogP contribution in [-0.2, 0) is 20.9 Å². The number of methoxy groups -OCH3 is 2. The van der Waals surface area contributed by atoms with E-state index < -0.39 is 6.04 Å². The Bertz CT molecular complexity index is 912. The van der Waals surface area contributed by atoms with Gasteiger partial charge in [0, 0.05) is 12.2 Å². The van der Waals surface area contributed by atoms with E-state index in [4.69, 9.17) is 14.2 Å². The standard InChI is InChI=1S/C22H26N2O5/c1-14-5-7-17(15(2)9-14)23-22(26)18-12-29-13-21(25)24(18)11-16-6-8-19(27-3)20(10-16)28-4/h5-10,18H,11-13H2,1-4H3,(H,23,26)/t18-/m0/s1. The van der Waals surface area contributed by atoms with Crippen molar-refractivity contribution in [2.45, 2.75) is 26.4 Å². The Morgan fingerprint density at radius 3 is 2.59 bits per heavy atom. The highest BCUT2D eigenvalue weighted by Gasteiger charge is 2.34. The summed E-state index contributed by atoms with van der Waals surface area (Å²) in [6.45, 7) is 4.31. The molecule has 1 atom stereocenters. The molecule has 0 aliphatic carbocycles. The molecule has 1 saturated heterocycles. The topological polar surface area (TPSA) is 77.1 Å². The molecule has 1 aliphatic heterocycles. The van der Waals surface area contributed by atoms with Crippen molar-refractivity contribution in [1.29, 1.82) is 0 Å². The molecule has 0 bridgehead atoms. The molecule has 0 unspecified atom stereocenters. The van der Waals surface area contributed by atoms with Crippen molar-refractivity contribution in [2.75, 3.05) is 32.8 Å². The van der Waals surface area contributed by atoms with Crippen molar-refractivity contribution < 1.29 is 23.8 Å². The Kier molecular flexibility index (Phi) is 6.39. The largest absolute Gasteiger partial charge is 0.493 e. The van der Waals surface area contributed by atoms with Gasteiger partial charge < -0.3 is 24.4 Å². The predicted octanol–water partition coefficient (Wildman–Crippen LogP) is 2.69. The molecule has 3 rings (SSSR count). The number of nitrogens with zero attached hydrogens (tertiary/aromatic N) is 1. The molecule has 0 aromatic heterocycles. The number of morpholine rings is 1. The summed E-state index contributed by atoms with van der Waals surface area (Å²) in [4.78, 5) is 27.0. The summed E-state index contributed by atoms with van der Waals surface area (Å²) >= 11 is 0. The maximum Gasteiger partial charge on any atom is 0.249 e. The van der Waals surface area contributed by atoms with Gasteiger partial charge in [0.15, 0.2) is 11.5 Å². The van der Waals surface area contributed by atoms with E-state index in [2.05, 4.69) is 5.32 Å². The van der Waals surface area contributed by atoms with Crippen LogP contribution in [0.25, 0.3) is 0 Å². The third-order valence-electron chi connectivity index (χ3n) is 4.94. The average Bonchev–Trinajstić information content (AvgIpc) is 2.71. The van der Waals surface area contributed by atoms with Crippen LogP contribution in [0.4, 0.5) is 5.69 Å². The van der Waals surface area contributed by atoms with Crippen LogP contribution < -0.4 is 14.8 Å². The van der Waals surface area contributed by atoms with Crippen LogP contribution in [-0.4, -0.2) is 50.2 Å². The molecule has 2 aromatic rings. The van der Waals surface area contributed by atoms with Crippen LogP contribution in [0.3, 0.4) is 0 Å². The second-order valence-electron chi connectivity index (χ2n) is 7.05. The van der Waals surface area contributed by atoms with Crippen LogP contribution in [0.15, 0.2) is 36.4 Å². The number of hydrogen-bond donors (Lipinski definition) is 1. The summed E-state index contributed by atoms with van der Waals surface area (Å²) in [5.41, 5.74) is 3.64.